The Morgan fingerprint density at radius 3 is 2.00 bits per heavy atom. The van der Waals surface area contributed by atoms with Crippen molar-refractivity contribution in [1.82, 2.24) is 5.43 Å². The van der Waals surface area contributed by atoms with E-state index in [0.29, 0.717) is 0 Å². The van der Waals surface area contributed by atoms with Crippen molar-refractivity contribution in [3.05, 3.63) is 66.2 Å². The molecule has 0 spiro atoms. The van der Waals surface area contributed by atoms with Gasteiger partial charge >= 0.3 is 0 Å². The van der Waals surface area contributed by atoms with Gasteiger partial charge in [0, 0.05) is 5.41 Å². The van der Waals surface area contributed by atoms with Crippen LogP contribution in [0.15, 0.2) is 65.7 Å². The highest BCUT2D eigenvalue weighted by Crippen LogP contribution is 2.25. The second kappa shape index (κ2) is 5.67. The van der Waals surface area contributed by atoms with Crippen molar-refractivity contribution in [2.45, 2.75) is 19.3 Å². The van der Waals surface area contributed by atoms with Crippen LogP contribution in [0.1, 0.15) is 19.4 Å². The van der Waals surface area contributed by atoms with E-state index in [0.717, 1.165) is 11.5 Å². The highest BCUT2D eigenvalue weighted by atomic mass is 15.3. The third-order valence-electron chi connectivity index (χ3n) is 3.22. The molecular weight excluding hydrogens is 234 g/mol. The van der Waals surface area contributed by atoms with E-state index >= 15 is 0 Å². The molecule has 0 radical (unpaired) electrons. The molecule has 2 aromatic carbocycles. The third-order valence-corrected chi connectivity index (χ3v) is 3.22. The Balaban J connectivity index is 2.39. The SMILES string of the molecule is CC(C)(C(=Nc1ccccc1)NN)c1ccccc1. The molecule has 98 valence electrons. The maximum absolute atomic E-state index is 5.66. The number of para-hydroxylation sites is 1. The highest BCUT2D eigenvalue weighted by Gasteiger charge is 2.26. The smallest absolute Gasteiger partial charge is 0.126 e. The number of amidine groups is 1. The predicted octanol–water partition coefficient (Wildman–Crippen LogP) is 3.16. The van der Waals surface area contributed by atoms with E-state index < -0.39 is 0 Å². The summed E-state index contributed by atoms with van der Waals surface area (Å²) in [6, 6.07) is 20.0. The van der Waals surface area contributed by atoms with Gasteiger partial charge in [-0.3, -0.25) is 0 Å². The summed E-state index contributed by atoms with van der Waals surface area (Å²) in [7, 11) is 0. The van der Waals surface area contributed by atoms with E-state index in [-0.39, 0.29) is 5.41 Å². The molecule has 0 aromatic heterocycles. The summed E-state index contributed by atoms with van der Waals surface area (Å²) in [6.07, 6.45) is 0. The largest absolute Gasteiger partial charge is 0.311 e. The Bertz CT molecular complexity index is 545. The van der Waals surface area contributed by atoms with Gasteiger partial charge in [-0.25, -0.2) is 10.8 Å². The molecule has 0 saturated carbocycles. The summed E-state index contributed by atoms with van der Waals surface area (Å²) in [5.74, 6) is 6.40. The first kappa shape index (κ1) is 13.3. The standard InChI is InChI=1S/C16H19N3/c1-16(2,13-9-5-3-6-10-13)15(19-17)18-14-11-7-4-8-12-14/h3-12H,17H2,1-2H3,(H,18,19). The molecule has 2 aromatic rings. The van der Waals surface area contributed by atoms with E-state index in [1.165, 1.54) is 5.56 Å². The van der Waals surface area contributed by atoms with Crippen LogP contribution in [0.5, 0.6) is 0 Å². The van der Waals surface area contributed by atoms with Crippen molar-refractivity contribution in [3.63, 3.8) is 0 Å². The molecular formula is C16H19N3. The fourth-order valence-electron chi connectivity index (χ4n) is 1.98. The summed E-state index contributed by atoms with van der Waals surface area (Å²) < 4.78 is 0. The summed E-state index contributed by atoms with van der Waals surface area (Å²) in [4.78, 5) is 4.61. The highest BCUT2D eigenvalue weighted by molar-refractivity contribution is 5.93. The molecule has 0 aliphatic heterocycles. The zero-order valence-electron chi connectivity index (χ0n) is 11.3. The van der Waals surface area contributed by atoms with Crippen molar-refractivity contribution in [3.8, 4) is 0 Å². The average Bonchev–Trinajstić information content (AvgIpc) is 2.46. The maximum atomic E-state index is 5.66. The van der Waals surface area contributed by atoms with E-state index in [9.17, 15) is 0 Å². The van der Waals surface area contributed by atoms with Crippen LogP contribution in [0.2, 0.25) is 0 Å². The van der Waals surface area contributed by atoms with Gasteiger partial charge in [-0.15, -0.1) is 0 Å². The van der Waals surface area contributed by atoms with Crippen LogP contribution in [0.25, 0.3) is 0 Å². The molecule has 3 nitrogen and oxygen atoms in total. The minimum absolute atomic E-state index is 0.272. The van der Waals surface area contributed by atoms with Crippen molar-refractivity contribution in [2.75, 3.05) is 0 Å². The zero-order chi connectivity index (χ0) is 13.7. The lowest BCUT2D eigenvalue weighted by molar-refractivity contribution is 0.682. The number of hydrogen-bond acceptors (Lipinski definition) is 2. The second-order valence-corrected chi connectivity index (χ2v) is 4.93. The third kappa shape index (κ3) is 3.01. The molecule has 0 unspecified atom stereocenters. The molecule has 0 heterocycles. The number of nitrogens with zero attached hydrogens (tertiary/aromatic N) is 1. The van der Waals surface area contributed by atoms with Crippen molar-refractivity contribution in [1.29, 1.82) is 0 Å². The van der Waals surface area contributed by atoms with Gasteiger partial charge in [0.2, 0.25) is 0 Å². The molecule has 19 heavy (non-hydrogen) atoms. The van der Waals surface area contributed by atoms with Gasteiger partial charge < -0.3 is 5.43 Å². The Morgan fingerprint density at radius 2 is 1.47 bits per heavy atom. The Kier molecular flexibility index (Phi) is 3.97. The number of aliphatic imine (C=N–C) groups is 1. The summed E-state index contributed by atoms with van der Waals surface area (Å²) in [5, 5.41) is 0. The van der Waals surface area contributed by atoms with E-state index in [1.54, 1.807) is 0 Å². The van der Waals surface area contributed by atoms with Gasteiger partial charge in [-0.1, -0.05) is 48.5 Å². The molecule has 0 saturated heterocycles. The molecule has 0 atom stereocenters. The molecule has 2 rings (SSSR count). The van der Waals surface area contributed by atoms with Crippen LogP contribution in [0.3, 0.4) is 0 Å². The van der Waals surface area contributed by atoms with E-state index in [4.69, 9.17) is 5.84 Å². The Labute approximate surface area is 114 Å². The second-order valence-electron chi connectivity index (χ2n) is 4.93. The Hall–Kier alpha value is -2.13. The molecule has 0 amide bonds. The fraction of sp³-hybridized carbons (Fsp3) is 0.188. The first-order valence-corrected chi connectivity index (χ1v) is 6.31. The van der Waals surface area contributed by atoms with Gasteiger partial charge in [0.15, 0.2) is 0 Å². The summed E-state index contributed by atoms with van der Waals surface area (Å²) in [5.41, 5.74) is 4.52. The Morgan fingerprint density at radius 1 is 0.947 bits per heavy atom. The molecule has 0 fully saturated rings. The number of nitrogens with two attached hydrogens (primary N) is 1. The van der Waals surface area contributed by atoms with Crippen LogP contribution in [0.4, 0.5) is 5.69 Å². The lowest BCUT2D eigenvalue weighted by atomic mass is 9.83. The van der Waals surface area contributed by atoms with Gasteiger partial charge in [0.25, 0.3) is 0 Å². The van der Waals surface area contributed by atoms with Gasteiger partial charge in [0.1, 0.15) is 5.84 Å². The van der Waals surface area contributed by atoms with Crippen LogP contribution >= 0.6 is 0 Å². The molecule has 0 aliphatic rings. The predicted molar refractivity (Wildman–Crippen MR) is 80.3 cm³/mol. The van der Waals surface area contributed by atoms with E-state index in [1.807, 2.05) is 48.5 Å². The topological polar surface area (TPSA) is 50.4 Å². The van der Waals surface area contributed by atoms with Crippen LogP contribution in [-0.4, -0.2) is 5.84 Å². The van der Waals surface area contributed by atoms with Gasteiger partial charge in [0.05, 0.1) is 5.69 Å². The normalized spacial score (nSPS) is 12.3. The van der Waals surface area contributed by atoms with Gasteiger partial charge in [-0.05, 0) is 31.5 Å². The fourth-order valence-corrected chi connectivity index (χ4v) is 1.98. The van der Waals surface area contributed by atoms with Crippen LogP contribution < -0.4 is 11.3 Å². The number of hydrogen-bond donors (Lipinski definition) is 2. The first-order valence-electron chi connectivity index (χ1n) is 6.31. The number of hydrazine groups is 1. The molecule has 0 bridgehead atoms. The lowest BCUT2D eigenvalue weighted by Crippen LogP contribution is -2.43. The van der Waals surface area contributed by atoms with Gasteiger partial charge in [-0.2, -0.15) is 0 Å². The number of rotatable bonds is 3. The number of benzene rings is 2. The summed E-state index contributed by atoms with van der Waals surface area (Å²) in [6.45, 7) is 4.20. The first-order chi connectivity index (χ1) is 9.14. The zero-order valence-corrected chi connectivity index (χ0v) is 11.3. The van der Waals surface area contributed by atoms with Crippen molar-refractivity contribution in [2.24, 2.45) is 10.8 Å². The molecule has 3 heteroatoms. The van der Waals surface area contributed by atoms with Crippen LogP contribution in [-0.2, 0) is 5.41 Å². The molecule has 0 aliphatic carbocycles. The minimum atomic E-state index is -0.272. The molecule has 3 N–H and O–H groups in total. The van der Waals surface area contributed by atoms with Crippen molar-refractivity contribution < 1.29 is 0 Å². The van der Waals surface area contributed by atoms with Crippen molar-refractivity contribution >= 4 is 11.5 Å². The van der Waals surface area contributed by atoms with E-state index in [2.05, 4.69) is 36.4 Å². The quantitative estimate of drug-likeness (QED) is 0.382. The van der Waals surface area contributed by atoms with Crippen LogP contribution in [0, 0.1) is 0 Å². The monoisotopic (exact) mass is 253 g/mol. The average molecular weight is 253 g/mol. The minimum Gasteiger partial charge on any atom is -0.311 e. The maximum Gasteiger partial charge on any atom is 0.126 e. The summed E-state index contributed by atoms with van der Waals surface area (Å²) >= 11 is 0. The lowest BCUT2D eigenvalue weighted by Gasteiger charge is -2.26. The number of nitrogens with one attached hydrogen (secondary N) is 1.